The van der Waals surface area contributed by atoms with Crippen LogP contribution in [0.2, 0.25) is 0 Å². The molecule has 2 aliphatic rings. The molecule has 1 aromatic rings. The summed E-state index contributed by atoms with van der Waals surface area (Å²) >= 11 is 0. The van der Waals surface area contributed by atoms with E-state index in [1.807, 2.05) is 35.2 Å². The fraction of sp³-hybridized carbons (Fsp3) is 0.529. The summed E-state index contributed by atoms with van der Waals surface area (Å²) in [7, 11) is 0. The molecule has 2 fully saturated rings. The molecule has 0 spiro atoms. The van der Waals surface area contributed by atoms with E-state index in [1.165, 1.54) is 0 Å². The Morgan fingerprint density at radius 1 is 1.23 bits per heavy atom. The van der Waals surface area contributed by atoms with Gasteiger partial charge in [-0.05, 0) is 31.4 Å². The van der Waals surface area contributed by atoms with Crippen LogP contribution in [-0.4, -0.2) is 42.5 Å². The average molecular weight is 302 g/mol. The van der Waals surface area contributed by atoms with Crippen LogP contribution in [0.25, 0.3) is 0 Å². The summed E-state index contributed by atoms with van der Waals surface area (Å²) in [4.78, 5) is 25.9. The Kier molecular flexibility index (Phi) is 4.61. The van der Waals surface area contributed by atoms with Crippen LogP contribution in [0, 0.1) is 5.92 Å². The summed E-state index contributed by atoms with van der Waals surface area (Å²) in [6, 6.07) is 9.94. The molecule has 0 radical (unpaired) electrons. The van der Waals surface area contributed by atoms with Gasteiger partial charge in [0.25, 0.3) is 0 Å². The fourth-order valence-corrected chi connectivity index (χ4v) is 2.83. The smallest absolute Gasteiger partial charge is 0.225 e. The standard InChI is InChI=1S/C17H22N2O3/c20-16-9-6-13(12-19(16)14-7-8-14)17(21)18-10-11-22-15-4-2-1-3-5-15/h1-5,13-14H,6-12H2,(H,18,21)/t13-/m0/s1. The van der Waals surface area contributed by atoms with E-state index in [9.17, 15) is 9.59 Å². The minimum absolute atomic E-state index is 0.0369. The quantitative estimate of drug-likeness (QED) is 0.812. The topological polar surface area (TPSA) is 58.6 Å². The van der Waals surface area contributed by atoms with Crippen molar-refractivity contribution < 1.29 is 14.3 Å². The molecular formula is C17H22N2O3. The lowest BCUT2D eigenvalue weighted by Gasteiger charge is -2.32. The van der Waals surface area contributed by atoms with Gasteiger partial charge in [-0.2, -0.15) is 0 Å². The van der Waals surface area contributed by atoms with E-state index >= 15 is 0 Å². The van der Waals surface area contributed by atoms with Gasteiger partial charge in [-0.15, -0.1) is 0 Å². The number of likely N-dealkylation sites (tertiary alicyclic amines) is 1. The van der Waals surface area contributed by atoms with E-state index in [-0.39, 0.29) is 17.7 Å². The molecule has 2 amide bonds. The molecule has 0 aromatic heterocycles. The first-order chi connectivity index (χ1) is 10.7. The van der Waals surface area contributed by atoms with Crippen LogP contribution in [0.3, 0.4) is 0 Å². The molecule has 0 bridgehead atoms. The number of hydrogen-bond donors (Lipinski definition) is 1. The Hall–Kier alpha value is -2.04. The van der Waals surface area contributed by atoms with Gasteiger partial charge >= 0.3 is 0 Å². The van der Waals surface area contributed by atoms with E-state index in [0.29, 0.717) is 38.6 Å². The highest BCUT2D eigenvalue weighted by atomic mass is 16.5. The van der Waals surface area contributed by atoms with E-state index in [2.05, 4.69) is 5.32 Å². The first-order valence-electron chi connectivity index (χ1n) is 7.99. The summed E-state index contributed by atoms with van der Waals surface area (Å²) in [6.07, 6.45) is 3.33. The number of amides is 2. The predicted molar refractivity (Wildman–Crippen MR) is 82.4 cm³/mol. The first kappa shape index (κ1) is 14.9. The number of para-hydroxylation sites is 1. The van der Waals surface area contributed by atoms with Gasteiger partial charge in [-0.25, -0.2) is 0 Å². The van der Waals surface area contributed by atoms with Crippen molar-refractivity contribution in [3.63, 3.8) is 0 Å². The Morgan fingerprint density at radius 3 is 2.73 bits per heavy atom. The number of carbonyl (C=O) groups is 2. The third-order valence-electron chi connectivity index (χ3n) is 4.22. The Bertz CT molecular complexity index is 528. The largest absolute Gasteiger partial charge is 0.492 e. The second kappa shape index (κ2) is 6.81. The van der Waals surface area contributed by atoms with Crippen molar-refractivity contribution in [2.75, 3.05) is 19.7 Å². The molecule has 1 heterocycles. The molecule has 1 saturated heterocycles. The lowest BCUT2D eigenvalue weighted by Crippen LogP contribution is -2.47. The van der Waals surface area contributed by atoms with Crippen molar-refractivity contribution in [1.82, 2.24) is 10.2 Å². The zero-order valence-corrected chi connectivity index (χ0v) is 12.7. The van der Waals surface area contributed by atoms with Gasteiger partial charge in [0.1, 0.15) is 12.4 Å². The fourth-order valence-electron chi connectivity index (χ4n) is 2.83. The normalized spacial score (nSPS) is 21.5. The molecule has 22 heavy (non-hydrogen) atoms. The molecule has 5 nitrogen and oxygen atoms in total. The van der Waals surface area contributed by atoms with Crippen LogP contribution < -0.4 is 10.1 Å². The maximum Gasteiger partial charge on any atom is 0.225 e. The molecule has 0 unspecified atom stereocenters. The molecule has 1 atom stereocenters. The maximum atomic E-state index is 12.2. The van der Waals surface area contributed by atoms with E-state index in [1.54, 1.807) is 0 Å². The lowest BCUT2D eigenvalue weighted by molar-refractivity contribution is -0.138. The van der Waals surface area contributed by atoms with Crippen LogP contribution in [0.4, 0.5) is 0 Å². The minimum Gasteiger partial charge on any atom is -0.492 e. The molecule has 1 N–H and O–H groups in total. The third-order valence-corrected chi connectivity index (χ3v) is 4.22. The summed E-state index contributed by atoms with van der Waals surface area (Å²) in [5.41, 5.74) is 0. The molecule has 118 valence electrons. The maximum absolute atomic E-state index is 12.2. The van der Waals surface area contributed by atoms with Crippen molar-refractivity contribution in [2.24, 2.45) is 5.92 Å². The number of rotatable bonds is 6. The molecular weight excluding hydrogens is 280 g/mol. The van der Waals surface area contributed by atoms with Gasteiger partial charge in [0, 0.05) is 19.0 Å². The highest BCUT2D eigenvalue weighted by molar-refractivity contribution is 5.84. The van der Waals surface area contributed by atoms with Gasteiger partial charge in [0.05, 0.1) is 12.5 Å². The van der Waals surface area contributed by atoms with E-state index < -0.39 is 0 Å². The Morgan fingerprint density at radius 2 is 2.00 bits per heavy atom. The average Bonchev–Trinajstić information content (AvgIpc) is 3.37. The number of hydrogen-bond acceptors (Lipinski definition) is 3. The van der Waals surface area contributed by atoms with Gasteiger partial charge in [0.2, 0.25) is 11.8 Å². The second-order valence-corrected chi connectivity index (χ2v) is 5.97. The predicted octanol–water partition coefficient (Wildman–Crippen LogP) is 1.58. The molecule has 1 saturated carbocycles. The van der Waals surface area contributed by atoms with Gasteiger partial charge in [-0.3, -0.25) is 9.59 Å². The zero-order valence-electron chi connectivity index (χ0n) is 12.7. The highest BCUT2D eigenvalue weighted by Gasteiger charge is 2.38. The monoisotopic (exact) mass is 302 g/mol. The number of piperidine rings is 1. The van der Waals surface area contributed by atoms with E-state index in [4.69, 9.17) is 4.74 Å². The van der Waals surface area contributed by atoms with Gasteiger partial charge in [-0.1, -0.05) is 18.2 Å². The number of ether oxygens (including phenoxy) is 1. The van der Waals surface area contributed by atoms with Crippen LogP contribution >= 0.6 is 0 Å². The Balaban J connectivity index is 1.39. The van der Waals surface area contributed by atoms with E-state index in [0.717, 1.165) is 18.6 Å². The van der Waals surface area contributed by atoms with Crippen molar-refractivity contribution in [3.05, 3.63) is 30.3 Å². The lowest BCUT2D eigenvalue weighted by atomic mass is 9.96. The second-order valence-electron chi connectivity index (χ2n) is 5.97. The van der Waals surface area contributed by atoms with Crippen LogP contribution in [0.1, 0.15) is 25.7 Å². The number of benzene rings is 1. The molecule has 5 heteroatoms. The number of nitrogens with zero attached hydrogens (tertiary/aromatic N) is 1. The molecule has 1 aliphatic carbocycles. The SMILES string of the molecule is O=C(NCCOc1ccccc1)[C@H]1CCC(=O)N(C2CC2)C1. The third kappa shape index (κ3) is 3.78. The summed E-state index contributed by atoms with van der Waals surface area (Å²) < 4.78 is 5.55. The molecule has 1 aliphatic heterocycles. The number of carbonyl (C=O) groups excluding carboxylic acids is 2. The highest BCUT2D eigenvalue weighted by Crippen LogP contribution is 2.31. The summed E-state index contributed by atoms with van der Waals surface area (Å²) in [5, 5.41) is 2.92. The zero-order chi connectivity index (χ0) is 15.4. The first-order valence-corrected chi connectivity index (χ1v) is 7.99. The van der Waals surface area contributed by atoms with Crippen molar-refractivity contribution in [3.8, 4) is 5.75 Å². The van der Waals surface area contributed by atoms with Crippen molar-refractivity contribution in [2.45, 2.75) is 31.7 Å². The number of nitrogens with one attached hydrogen (secondary N) is 1. The van der Waals surface area contributed by atoms with Crippen LogP contribution in [0.5, 0.6) is 5.75 Å². The van der Waals surface area contributed by atoms with Gasteiger partial charge in [0.15, 0.2) is 0 Å². The van der Waals surface area contributed by atoms with Crippen molar-refractivity contribution in [1.29, 1.82) is 0 Å². The molecule has 1 aromatic carbocycles. The summed E-state index contributed by atoms with van der Waals surface area (Å²) in [5.74, 6) is 0.976. The summed E-state index contributed by atoms with van der Waals surface area (Å²) in [6.45, 7) is 1.52. The molecule has 3 rings (SSSR count). The van der Waals surface area contributed by atoms with Crippen LogP contribution in [0.15, 0.2) is 30.3 Å². The van der Waals surface area contributed by atoms with Crippen molar-refractivity contribution >= 4 is 11.8 Å². The Labute approximate surface area is 130 Å². The van der Waals surface area contributed by atoms with Gasteiger partial charge < -0.3 is 15.0 Å². The minimum atomic E-state index is -0.0741. The van der Waals surface area contributed by atoms with Crippen LogP contribution in [-0.2, 0) is 9.59 Å².